The first kappa shape index (κ1) is 10.0. The average molecular weight is 208 g/mol. The van der Waals surface area contributed by atoms with Crippen LogP contribution < -0.4 is 10.6 Å². The van der Waals surface area contributed by atoms with E-state index >= 15 is 0 Å². The van der Waals surface area contributed by atoms with Crippen LogP contribution in [0.1, 0.15) is 11.6 Å². The van der Waals surface area contributed by atoms with E-state index in [-0.39, 0.29) is 0 Å². The van der Waals surface area contributed by atoms with E-state index in [0.717, 1.165) is 19.6 Å². The SMILES string of the molecule is CSc1ccc([C@@H]2CNCCN2)cc1. The van der Waals surface area contributed by atoms with Crippen LogP contribution in [0, 0.1) is 0 Å². The standard InChI is InChI=1S/C11H16N2S/c1-14-10-4-2-9(3-5-10)11-8-12-6-7-13-11/h2-5,11-13H,6-8H2,1H3/t11-/m0/s1. The van der Waals surface area contributed by atoms with E-state index in [2.05, 4.69) is 41.2 Å². The van der Waals surface area contributed by atoms with Crippen molar-refractivity contribution in [3.63, 3.8) is 0 Å². The van der Waals surface area contributed by atoms with Gasteiger partial charge < -0.3 is 10.6 Å². The summed E-state index contributed by atoms with van der Waals surface area (Å²) in [6, 6.07) is 9.30. The smallest absolute Gasteiger partial charge is 0.0447 e. The van der Waals surface area contributed by atoms with E-state index in [9.17, 15) is 0 Å². The number of benzene rings is 1. The molecule has 2 nitrogen and oxygen atoms in total. The second-order valence-corrected chi connectivity index (χ2v) is 4.36. The monoisotopic (exact) mass is 208 g/mol. The minimum Gasteiger partial charge on any atom is -0.314 e. The first-order valence-electron chi connectivity index (χ1n) is 4.98. The Kier molecular flexibility index (Phi) is 3.45. The zero-order valence-corrected chi connectivity index (χ0v) is 9.23. The van der Waals surface area contributed by atoms with Gasteiger partial charge in [0.25, 0.3) is 0 Å². The van der Waals surface area contributed by atoms with Gasteiger partial charge >= 0.3 is 0 Å². The van der Waals surface area contributed by atoms with Gasteiger partial charge in [0.2, 0.25) is 0 Å². The van der Waals surface area contributed by atoms with Crippen LogP contribution in [-0.4, -0.2) is 25.9 Å². The van der Waals surface area contributed by atoms with Gasteiger partial charge in [0.05, 0.1) is 0 Å². The predicted molar refractivity (Wildman–Crippen MR) is 61.8 cm³/mol. The Hall–Kier alpha value is -0.510. The zero-order chi connectivity index (χ0) is 9.80. The second kappa shape index (κ2) is 4.82. The van der Waals surface area contributed by atoms with Crippen LogP contribution in [0.2, 0.25) is 0 Å². The van der Waals surface area contributed by atoms with Crippen molar-refractivity contribution >= 4 is 11.8 Å². The largest absolute Gasteiger partial charge is 0.314 e. The fraction of sp³-hybridized carbons (Fsp3) is 0.455. The number of thioether (sulfide) groups is 1. The van der Waals surface area contributed by atoms with Gasteiger partial charge in [-0.3, -0.25) is 0 Å². The Morgan fingerprint density at radius 1 is 1.21 bits per heavy atom. The molecule has 1 aromatic rings. The minimum atomic E-state index is 0.486. The van der Waals surface area contributed by atoms with Crippen molar-refractivity contribution in [2.24, 2.45) is 0 Å². The molecule has 1 atom stereocenters. The summed E-state index contributed by atoms with van der Waals surface area (Å²) in [5.74, 6) is 0. The Morgan fingerprint density at radius 3 is 2.57 bits per heavy atom. The molecule has 76 valence electrons. The molecule has 0 unspecified atom stereocenters. The molecule has 1 aromatic carbocycles. The molecule has 1 aliphatic heterocycles. The molecule has 1 aliphatic rings. The molecular formula is C11H16N2S. The van der Waals surface area contributed by atoms with Crippen molar-refractivity contribution in [3.05, 3.63) is 29.8 Å². The molecule has 3 heteroatoms. The van der Waals surface area contributed by atoms with Crippen LogP contribution in [0.25, 0.3) is 0 Å². The highest BCUT2D eigenvalue weighted by Crippen LogP contribution is 2.19. The van der Waals surface area contributed by atoms with E-state index in [1.807, 2.05) is 0 Å². The highest BCUT2D eigenvalue weighted by Gasteiger charge is 2.13. The van der Waals surface area contributed by atoms with Crippen LogP contribution in [-0.2, 0) is 0 Å². The van der Waals surface area contributed by atoms with Crippen LogP contribution in [0.4, 0.5) is 0 Å². The molecule has 0 radical (unpaired) electrons. The summed E-state index contributed by atoms with van der Waals surface area (Å²) in [5.41, 5.74) is 1.38. The Bertz CT molecular complexity index is 278. The van der Waals surface area contributed by atoms with Gasteiger partial charge in [-0.05, 0) is 24.0 Å². The van der Waals surface area contributed by atoms with E-state index in [1.165, 1.54) is 10.5 Å². The van der Waals surface area contributed by atoms with Gasteiger partial charge in [-0.15, -0.1) is 11.8 Å². The fourth-order valence-electron chi connectivity index (χ4n) is 1.73. The number of rotatable bonds is 2. The lowest BCUT2D eigenvalue weighted by atomic mass is 10.1. The van der Waals surface area contributed by atoms with Crippen LogP contribution >= 0.6 is 11.8 Å². The molecule has 0 aromatic heterocycles. The molecule has 2 N–H and O–H groups in total. The van der Waals surface area contributed by atoms with Crippen LogP contribution in [0.3, 0.4) is 0 Å². The van der Waals surface area contributed by atoms with Gasteiger partial charge in [-0.2, -0.15) is 0 Å². The maximum Gasteiger partial charge on any atom is 0.0447 e. The third-order valence-electron chi connectivity index (χ3n) is 2.56. The highest BCUT2D eigenvalue weighted by atomic mass is 32.2. The lowest BCUT2D eigenvalue weighted by molar-refractivity contribution is 0.430. The fourth-order valence-corrected chi connectivity index (χ4v) is 2.13. The first-order valence-corrected chi connectivity index (χ1v) is 6.20. The van der Waals surface area contributed by atoms with E-state index in [4.69, 9.17) is 0 Å². The normalized spacial score (nSPS) is 22.2. The Morgan fingerprint density at radius 2 is 2.00 bits per heavy atom. The molecule has 14 heavy (non-hydrogen) atoms. The molecule has 1 fully saturated rings. The van der Waals surface area contributed by atoms with Crippen molar-refractivity contribution in [1.82, 2.24) is 10.6 Å². The molecule has 0 amide bonds. The summed E-state index contributed by atoms with van der Waals surface area (Å²) in [5, 5.41) is 6.90. The van der Waals surface area contributed by atoms with E-state index in [0.29, 0.717) is 6.04 Å². The maximum atomic E-state index is 3.50. The zero-order valence-electron chi connectivity index (χ0n) is 8.42. The van der Waals surface area contributed by atoms with Crippen molar-refractivity contribution < 1.29 is 0 Å². The van der Waals surface area contributed by atoms with Crippen LogP contribution in [0.5, 0.6) is 0 Å². The topological polar surface area (TPSA) is 24.1 Å². The molecule has 0 bridgehead atoms. The lowest BCUT2D eigenvalue weighted by Crippen LogP contribution is -2.42. The van der Waals surface area contributed by atoms with Gasteiger partial charge in [0.15, 0.2) is 0 Å². The Balaban J connectivity index is 2.07. The quantitative estimate of drug-likeness (QED) is 0.723. The molecule has 1 heterocycles. The third kappa shape index (κ3) is 2.29. The number of hydrogen-bond acceptors (Lipinski definition) is 3. The summed E-state index contributed by atoms with van der Waals surface area (Å²) in [7, 11) is 0. The minimum absolute atomic E-state index is 0.486. The van der Waals surface area contributed by atoms with Gasteiger partial charge in [0, 0.05) is 30.6 Å². The second-order valence-electron chi connectivity index (χ2n) is 3.48. The van der Waals surface area contributed by atoms with Gasteiger partial charge in [0.1, 0.15) is 0 Å². The van der Waals surface area contributed by atoms with Gasteiger partial charge in [-0.1, -0.05) is 12.1 Å². The molecule has 1 saturated heterocycles. The number of nitrogens with one attached hydrogen (secondary N) is 2. The van der Waals surface area contributed by atoms with Gasteiger partial charge in [-0.25, -0.2) is 0 Å². The summed E-state index contributed by atoms with van der Waals surface area (Å²) in [6.45, 7) is 3.19. The van der Waals surface area contributed by atoms with Crippen molar-refractivity contribution in [1.29, 1.82) is 0 Å². The Labute approximate surface area is 89.5 Å². The van der Waals surface area contributed by atoms with E-state index < -0.39 is 0 Å². The van der Waals surface area contributed by atoms with Crippen LogP contribution in [0.15, 0.2) is 29.2 Å². The van der Waals surface area contributed by atoms with Crippen molar-refractivity contribution in [2.45, 2.75) is 10.9 Å². The summed E-state index contributed by atoms with van der Waals surface area (Å²) in [4.78, 5) is 1.33. The molecule has 0 saturated carbocycles. The maximum absolute atomic E-state index is 3.50. The summed E-state index contributed by atoms with van der Waals surface area (Å²) < 4.78 is 0. The summed E-state index contributed by atoms with van der Waals surface area (Å²) >= 11 is 1.79. The number of hydrogen-bond donors (Lipinski definition) is 2. The number of piperazine rings is 1. The first-order chi connectivity index (χ1) is 6.90. The molecule has 0 spiro atoms. The summed E-state index contributed by atoms with van der Waals surface area (Å²) in [6.07, 6.45) is 2.11. The predicted octanol–water partition coefficient (Wildman–Crippen LogP) is 1.64. The average Bonchev–Trinajstić information content (AvgIpc) is 2.30. The molecular weight excluding hydrogens is 192 g/mol. The van der Waals surface area contributed by atoms with Crippen molar-refractivity contribution in [3.8, 4) is 0 Å². The third-order valence-corrected chi connectivity index (χ3v) is 3.30. The lowest BCUT2D eigenvalue weighted by Gasteiger charge is -2.24. The molecule has 2 rings (SSSR count). The van der Waals surface area contributed by atoms with E-state index in [1.54, 1.807) is 11.8 Å². The van der Waals surface area contributed by atoms with Crippen molar-refractivity contribution in [2.75, 3.05) is 25.9 Å². The molecule has 0 aliphatic carbocycles. The highest BCUT2D eigenvalue weighted by molar-refractivity contribution is 7.98.